The quantitative estimate of drug-likeness (QED) is 0.773. The second-order valence-electron chi connectivity index (χ2n) is 8.22. The van der Waals surface area contributed by atoms with Crippen LogP contribution in [0.5, 0.6) is 0 Å². The summed E-state index contributed by atoms with van der Waals surface area (Å²) in [6, 6.07) is 19.6. The third-order valence-electron chi connectivity index (χ3n) is 4.61. The van der Waals surface area contributed by atoms with Gasteiger partial charge in [-0.25, -0.2) is 0 Å². The van der Waals surface area contributed by atoms with E-state index in [9.17, 15) is 4.79 Å². The van der Waals surface area contributed by atoms with Crippen molar-refractivity contribution in [2.24, 2.45) is 0 Å². The molecule has 1 aliphatic heterocycles. The molecule has 1 aliphatic rings. The number of nitrogens with one attached hydrogen (secondary N) is 2. The van der Waals surface area contributed by atoms with Gasteiger partial charge in [0.05, 0.1) is 19.3 Å². The lowest BCUT2D eigenvalue weighted by atomic mass is 10.1. The van der Waals surface area contributed by atoms with Crippen LogP contribution in [0.3, 0.4) is 0 Å². The van der Waals surface area contributed by atoms with E-state index in [0.29, 0.717) is 19.8 Å². The number of rotatable bonds is 7. The molecule has 28 heavy (non-hydrogen) atoms. The third kappa shape index (κ3) is 5.89. The molecule has 0 bridgehead atoms. The average molecular weight is 383 g/mol. The van der Waals surface area contributed by atoms with E-state index in [1.807, 2.05) is 81.4 Å². The van der Waals surface area contributed by atoms with E-state index < -0.39 is 6.04 Å². The molecule has 1 fully saturated rings. The fourth-order valence-electron chi connectivity index (χ4n) is 3.28. The van der Waals surface area contributed by atoms with Crippen LogP contribution in [0.15, 0.2) is 60.7 Å². The minimum atomic E-state index is -0.441. The highest BCUT2D eigenvalue weighted by atomic mass is 16.5. The van der Waals surface area contributed by atoms with Gasteiger partial charge in [-0.1, -0.05) is 60.7 Å². The lowest BCUT2D eigenvalue weighted by molar-refractivity contribution is -0.131. The molecule has 0 aromatic heterocycles. The standard InChI is InChI=1S/C23H30N2O3/c1-23(2,3)25-22(26)20-21(28-16-18-12-8-5-9-13-18)19(14-24-20)27-15-17-10-6-4-7-11-17/h4-13,19-21,24H,14-16H2,1-3H3,(H,25,26)/t19-,20+,21+/m1/s1. The number of hydrogen-bond acceptors (Lipinski definition) is 4. The van der Waals surface area contributed by atoms with E-state index in [4.69, 9.17) is 9.47 Å². The Bertz CT molecular complexity index is 743. The molecule has 2 N–H and O–H groups in total. The van der Waals surface area contributed by atoms with Gasteiger partial charge in [-0.2, -0.15) is 0 Å². The highest BCUT2D eigenvalue weighted by molar-refractivity contribution is 5.83. The zero-order chi connectivity index (χ0) is 20.0. The fraction of sp³-hybridized carbons (Fsp3) is 0.435. The van der Waals surface area contributed by atoms with Crippen molar-refractivity contribution in [2.75, 3.05) is 6.54 Å². The zero-order valence-electron chi connectivity index (χ0n) is 16.9. The zero-order valence-corrected chi connectivity index (χ0v) is 16.9. The maximum absolute atomic E-state index is 12.8. The molecule has 150 valence electrons. The highest BCUT2D eigenvalue weighted by Gasteiger charge is 2.42. The summed E-state index contributed by atoms with van der Waals surface area (Å²) in [7, 11) is 0. The minimum absolute atomic E-state index is 0.0589. The molecule has 0 spiro atoms. The summed E-state index contributed by atoms with van der Waals surface area (Å²) in [5.74, 6) is -0.0589. The molecule has 0 aliphatic carbocycles. The van der Waals surface area contributed by atoms with Crippen molar-refractivity contribution in [3.8, 4) is 0 Å². The maximum Gasteiger partial charge on any atom is 0.240 e. The Labute approximate surface area is 167 Å². The summed E-state index contributed by atoms with van der Waals surface area (Å²) in [4.78, 5) is 12.8. The van der Waals surface area contributed by atoms with Gasteiger partial charge < -0.3 is 20.1 Å². The van der Waals surface area contributed by atoms with Crippen LogP contribution in [0.4, 0.5) is 0 Å². The van der Waals surface area contributed by atoms with Gasteiger partial charge in [-0.15, -0.1) is 0 Å². The first-order valence-corrected chi connectivity index (χ1v) is 9.79. The monoisotopic (exact) mass is 382 g/mol. The Balaban J connectivity index is 1.67. The van der Waals surface area contributed by atoms with Gasteiger partial charge in [0.2, 0.25) is 5.91 Å². The molecule has 3 atom stereocenters. The Morgan fingerprint density at radius 1 is 0.964 bits per heavy atom. The molecule has 0 saturated carbocycles. The molecule has 1 amide bonds. The summed E-state index contributed by atoms with van der Waals surface area (Å²) in [5.41, 5.74) is 1.88. The van der Waals surface area contributed by atoms with Crippen LogP contribution < -0.4 is 10.6 Å². The second kappa shape index (κ2) is 9.32. The predicted molar refractivity (Wildman–Crippen MR) is 110 cm³/mol. The van der Waals surface area contributed by atoms with Gasteiger partial charge in [0.25, 0.3) is 0 Å². The van der Waals surface area contributed by atoms with Crippen LogP contribution in [0, 0.1) is 0 Å². The normalized spacial score (nSPS) is 22.2. The van der Waals surface area contributed by atoms with Crippen LogP contribution >= 0.6 is 0 Å². The van der Waals surface area contributed by atoms with Crippen LogP contribution in [-0.4, -0.2) is 36.2 Å². The van der Waals surface area contributed by atoms with Crippen molar-refractivity contribution in [1.82, 2.24) is 10.6 Å². The van der Waals surface area contributed by atoms with Crippen LogP contribution in [0.2, 0.25) is 0 Å². The first kappa shape index (κ1) is 20.5. The molecule has 0 unspecified atom stereocenters. The molecule has 1 saturated heterocycles. The van der Waals surface area contributed by atoms with E-state index in [1.165, 1.54) is 0 Å². The number of hydrogen-bond donors (Lipinski definition) is 2. The van der Waals surface area contributed by atoms with Crippen molar-refractivity contribution < 1.29 is 14.3 Å². The molecule has 3 rings (SSSR count). The van der Waals surface area contributed by atoms with Crippen molar-refractivity contribution in [1.29, 1.82) is 0 Å². The molecule has 5 nitrogen and oxygen atoms in total. The Kier molecular flexibility index (Phi) is 6.83. The van der Waals surface area contributed by atoms with E-state index >= 15 is 0 Å². The van der Waals surface area contributed by atoms with Gasteiger partial charge in [-0.3, -0.25) is 4.79 Å². The number of carbonyl (C=O) groups excluding carboxylic acids is 1. The molecular formula is C23H30N2O3. The number of ether oxygens (including phenoxy) is 2. The smallest absolute Gasteiger partial charge is 0.240 e. The van der Waals surface area contributed by atoms with Gasteiger partial charge in [0.1, 0.15) is 12.1 Å². The fourth-order valence-corrected chi connectivity index (χ4v) is 3.28. The third-order valence-corrected chi connectivity index (χ3v) is 4.61. The summed E-state index contributed by atoms with van der Waals surface area (Å²) in [5, 5.41) is 6.34. The lowest BCUT2D eigenvalue weighted by Gasteiger charge is -2.27. The van der Waals surface area contributed by atoms with E-state index in [-0.39, 0.29) is 23.7 Å². The van der Waals surface area contributed by atoms with Crippen molar-refractivity contribution >= 4 is 5.91 Å². The van der Waals surface area contributed by atoms with E-state index in [2.05, 4.69) is 10.6 Å². The first-order chi connectivity index (χ1) is 13.4. The molecule has 2 aromatic rings. The predicted octanol–water partition coefficient (Wildman–Crippen LogP) is 3.04. The van der Waals surface area contributed by atoms with Gasteiger partial charge in [0.15, 0.2) is 0 Å². The Morgan fingerprint density at radius 2 is 1.50 bits per heavy atom. The molecule has 5 heteroatoms. The van der Waals surface area contributed by atoms with Gasteiger partial charge in [-0.05, 0) is 31.9 Å². The van der Waals surface area contributed by atoms with Crippen molar-refractivity contribution in [3.05, 3.63) is 71.8 Å². The number of benzene rings is 2. The van der Waals surface area contributed by atoms with E-state index in [0.717, 1.165) is 11.1 Å². The van der Waals surface area contributed by atoms with Crippen LogP contribution in [0.1, 0.15) is 31.9 Å². The largest absolute Gasteiger partial charge is 0.369 e. The van der Waals surface area contributed by atoms with Crippen LogP contribution in [0.25, 0.3) is 0 Å². The summed E-state index contributed by atoms with van der Waals surface area (Å²) in [6.07, 6.45) is -0.550. The molecule has 0 radical (unpaired) electrons. The Morgan fingerprint density at radius 3 is 2.04 bits per heavy atom. The highest BCUT2D eigenvalue weighted by Crippen LogP contribution is 2.20. The average Bonchev–Trinajstić information content (AvgIpc) is 3.08. The first-order valence-electron chi connectivity index (χ1n) is 9.79. The van der Waals surface area contributed by atoms with Gasteiger partial charge in [0, 0.05) is 12.1 Å². The molecule has 1 heterocycles. The number of carbonyl (C=O) groups is 1. The Hall–Kier alpha value is -2.21. The van der Waals surface area contributed by atoms with Crippen LogP contribution in [-0.2, 0) is 27.5 Å². The summed E-state index contributed by atoms with van der Waals surface area (Å²) < 4.78 is 12.3. The van der Waals surface area contributed by atoms with Crippen molar-refractivity contribution in [3.63, 3.8) is 0 Å². The lowest BCUT2D eigenvalue weighted by Crippen LogP contribution is -2.53. The summed E-state index contributed by atoms with van der Waals surface area (Å²) in [6.45, 7) is 7.44. The minimum Gasteiger partial charge on any atom is -0.369 e. The summed E-state index contributed by atoms with van der Waals surface area (Å²) >= 11 is 0. The maximum atomic E-state index is 12.8. The van der Waals surface area contributed by atoms with Gasteiger partial charge >= 0.3 is 0 Å². The van der Waals surface area contributed by atoms with Crippen molar-refractivity contribution in [2.45, 2.75) is 57.8 Å². The SMILES string of the molecule is CC(C)(C)NC(=O)[C@H]1NC[C@@H](OCc2ccccc2)[C@@H]1OCc1ccccc1. The topological polar surface area (TPSA) is 59.6 Å². The van der Waals surface area contributed by atoms with E-state index in [1.54, 1.807) is 0 Å². The molecule has 2 aromatic carbocycles. The second-order valence-corrected chi connectivity index (χ2v) is 8.22. The molecular weight excluding hydrogens is 352 g/mol. The number of amides is 1.